The number of cyclic esters (lactones) is 1. The van der Waals surface area contributed by atoms with Crippen molar-refractivity contribution in [3.8, 4) is 5.75 Å². The maximum Gasteiger partial charge on any atom is 0.414 e. The van der Waals surface area contributed by atoms with Crippen LogP contribution in [0.4, 0.5) is 16.2 Å². The van der Waals surface area contributed by atoms with Gasteiger partial charge in [0.05, 0.1) is 35.5 Å². The van der Waals surface area contributed by atoms with Gasteiger partial charge < -0.3 is 24.7 Å². The number of nitrogens with one attached hydrogen (secondary N) is 2. The lowest BCUT2D eigenvalue weighted by Crippen LogP contribution is -2.28. The van der Waals surface area contributed by atoms with Gasteiger partial charge in [-0.3, -0.25) is 14.5 Å². The van der Waals surface area contributed by atoms with Gasteiger partial charge in [0.1, 0.15) is 11.9 Å². The van der Waals surface area contributed by atoms with Crippen molar-refractivity contribution in [2.45, 2.75) is 31.5 Å². The van der Waals surface area contributed by atoms with Crippen molar-refractivity contribution in [2.24, 2.45) is 0 Å². The third-order valence-electron chi connectivity index (χ3n) is 6.51. The number of nitrogens with zero attached hydrogens (tertiary/aromatic N) is 3. The lowest BCUT2D eigenvalue weighted by atomic mass is 10.1. The van der Waals surface area contributed by atoms with Crippen LogP contribution in [0.25, 0.3) is 11.0 Å². The SMILES string of the molecule is O=C1COc2ccc(N3C[C@@H](CCCNC4Cn5c(=O)cnc6cccc4c65)OC3=O)cc2N1. The topological polar surface area (TPSA) is 115 Å². The van der Waals surface area contributed by atoms with Crippen molar-refractivity contribution in [2.75, 3.05) is 29.9 Å². The first-order valence-electron chi connectivity index (χ1n) is 11.3. The second kappa shape index (κ2) is 8.14. The zero-order valence-corrected chi connectivity index (χ0v) is 18.3. The number of para-hydroxylation sites is 1. The van der Waals surface area contributed by atoms with E-state index >= 15 is 0 Å². The van der Waals surface area contributed by atoms with Gasteiger partial charge in [-0.05, 0) is 49.2 Å². The van der Waals surface area contributed by atoms with E-state index < -0.39 is 6.09 Å². The molecular weight excluding hydrogens is 438 g/mol. The molecule has 2 N–H and O–H groups in total. The fraction of sp³-hybridized carbons (Fsp3) is 0.333. The molecule has 6 rings (SSSR count). The second-order valence-electron chi connectivity index (χ2n) is 8.70. The molecule has 2 atom stereocenters. The third kappa shape index (κ3) is 3.56. The van der Waals surface area contributed by atoms with Crippen LogP contribution in [0.3, 0.4) is 0 Å². The molecule has 0 bridgehead atoms. The summed E-state index contributed by atoms with van der Waals surface area (Å²) in [4.78, 5) is 42.1. The van der Waals surface area contributed by atoms with Gasteiger partial charge in [0.25, 0.3) is 11.5 Å². The average molecular weight is 461 g/mol. The Morgan fingerprint density at radius 2 is 2.06 bits per heavy atom. The first-order chi connectivity index (χ1) is 16.6. The molecule has 3 aliphatic rings. The predicted molar refractivity (Wildman–Crippen MR) is 124 cm³/mol. The van der Waals surface area contributed by atoms with E-state index in [2.05, 4.69) is 15.6 Å². The number of aromatic nitrogens is 2. The highest BCUT2D eigenvalue weighted by atomic mass is 16.6. The van der Waals surface area contributed by atoms with Crippen LogP contribution in [0.5, 0.6) is 5.75 Å². The number of benzene rings is 2. The Labute approximate surface area is 194 Å². The minimum Gasteiger partial charge on any atom is -0.482 e. The van der Waals surface area contributed by atoms with E-state index in [9.17, 15) is 14.4 Å². The lowest BCUT2D eigenvalue weighted by molar-refractivity contribution is -0.118. The molecule has 174 valence electrons. The quantitative estimate of drug-likeness (QED) is 0.541. The van der Waals surface area contributed by atoms with E-state index in [-0.39, 0.29) is 30.2 Å². The highest BCUT2D eigenvalue weighted by Crippen LogP contribution is 2.34. The van der Waals surface area contributed by atoms with Gasteiger partial charge in [0.15, 0.2) is 6.61 Å². The summed E-state index contributed by atoms with van der Waals surface area (Å²) < 4.78 is 12.7. The molecule has 10 nitrogen and oxygen atoms in total. The van der Waals surface area contributed by atoms with E-state index in [1.165, 1.54) is 6.20 Å². The zero-order chi connectivity index (χ0) is 23.2. The lowest BCUT2D eigenvalue weighted by Gasteiger charge is -2.20. The average Bonchev–Trinajstić information content (AvgIpc) is 3.40. The molecule has 2 amide bonds. The largest absolute Gasteiger partial charge is 0.482 e. The van der Waals surface area contributed by atoms with Gasteiger partial charge >= 0.3 is 6.09 Å². The number of rotatable bonds is 6. The summed E-state index contributed by atoms with van der Waals surface area (Å²) in [6.45, 7) is 1.75. The van der Waals surface area contributed by atoms with E-state index in [0.717, 1.165) is 29.6 Å². The van der Waals surface area contributed by atoms with Gasteiger partial charge in [-0.1, -0.05) is 12.1 Å². The Kier molecular flexibility index (Phi) is 4.95. The van der Waals surface area contributed by atoms with Gasteiger partial charge in [0.2, 0.25) is 0 Å². The maximum absolute atomic E-state index is 12.5. The Balaban J connectivity index is 1.05. The van der Waals surface area contributed by atoms with Crippen molar-refractivity contribution >= 4 is 34.4 Å². The highest BCUT2D eigenvalue weighted by Gasteiger charge is 2.33. The van der Waals surface area contributed by atoms with Crippen molar-refractivity contribution in [1.29, 1.82) is 0 Å². The standard InChI is InChI=1S/C24H23N5O5/c30-21-13-33-20-7-6-14(9-18(20)27-21)28-11-15(34-24(28)32)3-2-8-25-19-12-29-22(31)10-26-17-5-1-4-16(19)23(17)29/h1,4-7,9-10,15,19,25H,2-3,8,11-13H2,(H,27,30)/t15-,19?/m1/s1. The molecule has 1 fully saturated rings. The van der Waals surface area contributed by atoms with Gasteiger partial charge in [-0.15, -0.1) is 0 Å². The first-order valence-corrected chi connectivity index (χ1v) is 11.3. The number of carbonyl (C=O) groups is 2. The minimum absolute atomic E-state index is 0.00999. The summed E-state index contributed by atoms with van der Waals surface area (Å²) in [6, 6.07) is 11.2. The van der Waals surface area contributed by atoms with Crippen molar-refractivity contribution in [1.82, 2.24) is 14.9 Å². The molecule has 1 aromatic heterocycles. The molecule has 2 aromatic carbocycles. The molecule has 3 aromatic rings. The minimum atomic E-state index is -0.397. The molecule has 10 heteroatoms. The molecular formula is C24H23N5O5. The van der Waals surface area contributed by atoms with Crippen molar-refractivity contribution < 1.29 is 19.1 Å². The van der Waals surface area contributed by atoms with E-state index in [1.807, 2.05) is 18.2 Å². The monoisotopic (exact) mass is 461 g/mol. The highest BCUT2D eigenvalue weighted by molar-refractivity contribution is 5.97. The fourth-order valence-electron chi connectivity index (χ4n) is 4.90. The Bertz CT molecular complexity index is 1370. The van der Waals surface area contributed by atoms with Crippen LogP contribution in [0.15, 0.2) is 47.4 Å². The molecule has 0 aliphatic carbocycles. The van der Waals surface area contributed by atoms with Gasteiger partial charge in [0, 0.05) is 12.2 Å². The summed E-state index contributed by atoms with van der Waals surface area (Å²) in [7, 11) is 0. The number of carbonyl (C=O) groups excluding carboxylic acids is 2. The summed E-state index contributed by atoms with van der Waals surface area (Å²) >= 11 is 0. The number of fused-ring (bicyclic) bond motifs is 1. The molecule has 1 unspecified atom stereocenters. The first kappa shape index (κ1) is 20.7. The molecule has 1 saturated heterocycles. The van der Waals surface area contributed by atoms with Crippen LogP contribution in [-0.4, -0.2) is 47.4 Å². The van der Waals surface area contributed by atoms with E-state index in [4.69, 9.17) is 9.47 Å². The van der Waals surface area contributed by atoms with Crippen LogP contribution in [0.2, 0.25) is 0 Å². The van der Waals surface area contributed by atoms with Gasteiger partial charge in [-0.25, -0.2) is 9.78 Å². The Morgan fingerprint density at radius 3 is 2.97 bits per heavy atom. The van der Waals surface area contributed by atoms with Crippen LogP contribution in [-0.2, 0) is 16.1 Å². The Hall–Kier alpha value is -3.92. The fourth-order valence-corrected chi connectivity index (χ4v) is 4.90. The second-order valence-corrected chi connectivity index (χ2v) is 8.70. The van der Waals surface area contributed by atoms with Crippen LogP contribution >= 0.6 is 0 Å². The van der Waals surface area contributed by atoms with Crippen molar-refractivity contribution in [3.63, 3.8) is 0 Å². The molecule has 0 spiro atoms. The third-order valence-corrected chi connectivity index (χ3v) is 6.51. The molecule has 0 radical (unpaired) electrons. The van der Waals surface area contributed by atoms with E-state index in [0.29, 0.717) is 36.6 Å². The number of anilines is 2. The summed E-state index contributed by atoms with van der Waals surface area (Å²) in [5.74, 6) is 0.364. The number of ether oxygens (including phenoxy) is 2. The maximum atomic E-state index is 12.5. The molecule has 0 saturated carbocycles. The molecule has 34 heavy (non-hydrogen) atoms. The summed E-state index contributed by atoms with van der Waals surface area (Å²) in [5.41, 5.74) is 3.94. The number of hydrogen-bond acceptors (Lipinski definition) is 7. The molecule has 4 heterocycles. The van der Waals surface area contributed by atoms with Gasteiger partial charge in [-0.2, -0.15) is 0 Å². The Morgan fingerprint density at radius 1 is 1.15 bits per heavy atom. The molecule has 3 aliphatic heterocycles. The van der Waals surface area contributed by atoms with Crippen LogP contribution in [0, 0.1) is 0 Å². The smallest absolute Gasteiger partial charge is 0.414 e. The predicted octanol–water partition coefficient (Wildman–Crippen LogP) is 2.18. The summed E-state index contributed by atoms with van der Waals surface area (Å²) in [6.07, 6.45) is 2.29. The zero-order valence-electron chi connectivity index (χ0n) is 18.3. The van der Waals surface area contributed by atoms with Crippen LogP contribution in [0.1, 0.15) is 24.4 Å². The normalized spacial score (nSPS) is 20.8. The van der Waals surface area contributed by atoms with E-state index in [1.54, 1.807) is 27.7 Å². The number of amides is 2. The summed E-state index contributed by atoms with van der Waals surface area (Å²) in [5, 5.41) is 6.30. The number of hydrogen-bond donors (Lipinski definition) is 2. The van der Waals surface area contributed by atoms with Crippen molar-refractivity contribution in [3.05, 3.63) is 58.5 Å². The van der Waals surface area contributed by atoms with Crippen LogP contribution < -0.4 is 25.8 Å².